The molecule has 140 valence electrons. The SMILES string of the molecule is O=C(Nc1cccc(C(F)(F)F)c1)c1ccc(S(=O)(=O)N2CCCC2)s1. The number of benzene rings is 1. The lowest BCUT2D eigenvalue weighted by molar-refractivity contribution is -0.137. The van der Waals surface area contributed by atoms with E-state index in [1.54, 1.807) is 0 Å². The lowest BCUT2D eigenvalue weighted by Gasteiger charge is -2.13. The van der Waals surface area contributed by atoms with Crippen molar-refractivity contribution in [1.82, 2.24) is 4.31 Å². The van der Waals surface area contributed by atoms with Gasteiger partial charge in [-0.05, 0) is 43.2 Å². The predicted molar refractivity (Wildman–Crippen MR) is 91.7 cm³/mol. The van der Waals surface area contributed by atoms with Gasteiger partial charge in [0, 0.05) is 18.8 Å². The van der Waals surface area contributed by atoms with Gasteiger partial charge in [0.2, 0.25) is 0 Å². The molecular weight excluding hydrogens is 389 g/mol. The molecule has 5 nitrogen and oxygen atoms in total. The predicted octanol–water partition coefficient (Wildman–Crippen LogP) is 3.80. The van der Waals surface area contributed by atoms with Crippen LogP contribution in [0, 0.1) is 0 Å². The lowest BCUT2D eigenvalue weighted by Crippen LogP contribution is -2.27. The number of anilines is 1. The second kappa shape index (κ2) is 7.01. The molecule has 1 saturated heterocycles. The molecule has 0 radical (unpaired) electrons. The van der Waals surface area contributed by atoms with Crippen molar-refractivity contribution in [3.8, 4) is 0 Å². The highest BCUT2D eigenvalue weighted by atomic mass is 32.2. The maximum absolute atomic E-state index is 12.7. The van der Waals surface area contributed by atoms with Gasteiger partial charge in [-0.2, -0.15) is 17.5 Å². The smallest absolute Gasteiger partial charge is 0.321 e. The molecule has 1 aliphatic heterocycles. The highest BCUT2D eigenvalue weighted by Crippen LogP contribution is 2.31. The summed E-state index contributed by atoms with van der Waals surface area (Å²) >= 11 is 0.800. The summed E-state index contributed by atoms with van der Waals surface area (Å²) < 4.78 is 64.5. The number of rotatable bonds is 4. The molecule has 1 N–H and O–H groups in total. The van der Waals surface area contributed by atoms with Crippen molar-refractivity contribution in [3.05, 3.63) is 46.8 Å². The van der Waals surface area contributed by atoms with Crippen molar-refractivity contribution in [1.29, 1.82) is 0 Å². The zero-order valence-corrected chi connectivity index (χ0v) is 15.0. The third-order valence-corrected chi connectivity index (χ3v) is 7.36. The number of nitrogens with one attached hydrogen (secondary N) is 1. The van der Waals surface area contributed by atoms with Crippen LogP contribution in [0.2, 0.25) is 0 Å². The molecule has 1 fully saturated rings. The van der Waals surface area contributed by atoms with E-state index >= 15 is 0 Å². The quantitative estimate of drug-likeness (QED) is 0.843. The van der Waals surface area contributed by atoms with E-state index in [2.05, 4.69) is 5.32 Å². The molecule has 1 amide bonds. The van der Waals surface area contributed by atoms with E-state index in [9.17, 15) is 26.4 Å². The van der Waals surface area contributed by atoms with Crippen LogP contribution in [0.3, 0.4) is 0 Å². The monoisotopic (exact) mass is 404 g/mol. The van der Waals surface area contributed by atoms with Gasteiger partial charge in [-0.25, -0.2) is 8.42 Å². The molecule has 0 aliphatic carbocycles. The van der Waals surface area contributed by atoms with Gasteiger partial charge in [0.25, 0.3) is 15.9 Å². The Labute approximate surface area is 152 Å². The van der Waals surface area contributed by atoms with Crippen molar-refractivity contribution in [2.75, 3.05) is 18.4 Å². The summed E-state index contributed by atoms with van der Waals surface area (Å²) in [6.45, 7) is 0.901. The van der Waals surface area contributed by atoms with Crippen molar-refractivity contribution >= 4 is 33.0 Å². The third-order valence-electron chi connectivity index (χ3n) is 3.91. The summed E-state index contributed by atoms with van der Waals surface area (Å²) in [5, 5.41) is 2.37. The van der Waals surface area contributed by atoms with E-state index in [0.29, 0.717) is 13.1 Å². The Morgan fingerprint density at radius 2 is 1.81 bits per heavy atom. The number of halogens is 3. The average molecular weight is 404 g/mol. The molecule has 0 bridgehead atoms. The zero-order valence-electron chi connectivity index (χ0n) is 13.4. The van der Waals surface area contributed by atoms with E-state index < -0.39 is 27.7 Å². The molecule has 1 aromatic heterocycles. The second-order valence-corrected chi connectivity index (χ2v) is 9.01. The number of carbonyl (C=O) groups excluding carboxylic acids is 1. The van der Waals surface area contributed by atoms with Crippen LogP contribution in [0.1, 0.15) is 28.1 Å². The molecule has 2 aromatic rings. The molecule has 3 rings (SSSR count). The average Bonchev–Trinajstić information content (AvgIpc) is 3.26. The minimum absolute atomic E-state index is 0.0119. The second-order valence-electron chi connectivity index (χ2n) is 5.76. The standard InChI is InChI=1S/C16H15F3N2O3S2/c17-16(18,19)11-4-3-5-12(10-11)20-15(22)13-6-7-14(25-13)26(23,24)21-8-1-2-9-21/h3-7,10H,1-2,8-9H2,(H,20,22). The van der Waals surface area contributed by atoms with Crippen LogP contribution < -0.4 is 5.32 Å². The van der Waals surface area contributed by atoms with Crippen molar-refractivity contribution in [2.45, 2.75) is 23.2 Å². The Morgan fingerprint density at radius 1 is 1.12 bits per heavy atom. The first-order valence-electron chi connectivity index (χ1n) is 7.76. The molecule has 1 aromatic carbocycles. The first kappa shape index (κ1) is 18.9. The van der Waals surface area contributed by atoms with Gasteiger partial charge in [-0.3, -0.25) is 4.79 Å². The van der Waals surface area contributed by atoms with Crippen molar-refractivity contribution in [3.63, 3.8) is 0 Å². The summed E-state index contributed by atoms with van der Waals surface area (Å²) in [7, 11) is -3.63. The topological polar surface area (TPSA) is 66.5 Å². The molecule has 0 unspecified atom stereocenters. The van der Waals surface area contributed by atoms with Crippen LogP contribution in [-0.2, 0) is 16.2 Å². The largest absolute Gasteiger partial charge is 0.416 e. The molecule has 0 atom stereocenters. The Kier molecular flexibility index (Phi) is 5.09. The van der Waals surface area contributed by atoms with Crippen molar-refractivity contribution < 1.29 is 26.4 Å². The summed E-state index contributed by atoms with van der Waals surface area (Å²) in [6, 6.07) is 6.96. The van der Waals surface area contributed by atoms with Crippen LogP contribution in [0.25, 0.3) is 0 Å². The van der Waals surface area contributed by atoms with Gasteiger partial charge in [0.05, 0.1) is 10.4 Å². The van der Waals surface area contributed by atoms with Gasteiger partial charge < -0.3 is 5.32 Å². The Bertz CT molecular complexity index is 917. The van der Waals surface area contributed by atoms with E-state index in [1.165, 1.54) is 28.6 Å². The molecule has 10 heteroatoms. The minimum atomic E-state index is -4.51. The van der Waals surface area contributed by atoms with Crippen LogP contribution in [0.5, 0.6) is 0 Å². The van der Waals surface area contributed by atoms with Gasteiger partial charge >= 0.3 is 6.18 Å². The summed E-state index contributed by atoms with van der Waals surface area (Å²) in [5.41, 5.74) is -0.888. The Hall–Kier alpha value is -1.91. The van der Waals surface area contributed by atoms with Crippen LogP contribution >= 0.6 is 11.3 Å². The van der Waals surface area contributed by atoms with Gasteiger partial charge in [-0.15, -0.1) is 11.3 Å². The highest BCUT2D eigenvalue weighted by molar-refractivity contribution is 7.91. The van der Waals surface area contributed by atoms with E-state index in [-0.39, 0.29) is 14.8 Å². The summed E-state index contributed by atoms with van der Waals surface area (Å²) in [6.07, 6.45) is -2.92. The van der Waals surface area contributed by atoms with Gasteiger partial charge in [0.15, 0.2) is 0 Å². The van der Waals surface area contributed by atoms with Gasteiger partial charge in [-0.1, -0.05) is 6.07 Å². The molecule has 26 heavy (non-hydrogen) atoms. The van der Waals surface area contributed by atoms with Crippen LogP contribution in [-0.4, -0.2) is 31.7 Å². The number of sulfonamides is 1. The molecule has 0 spiro atoms. The highest BCUT2D eigenvalue weighted by Gasteiger charge is 2.31. The first-order valence-corrected chi connectivity index (χ1v) is 10.0. The number of hydrogen-bond acceptors (Lipinski definition) is 4. The number of nitrogens with zero attached hydrogens (tertiary/aromatic N) is 1. The number of carbonyl (C=O) groups is 1. The fraction of sp³-hybridized carbons (Fsp3) is 0.312. The Balaban J connectivity index is 1.77. The molecule has 0 saturated carbocycles. The number of alkyl halides is 3. The minimum Gasteiger partial charge on any atom is -0.321 e. The third kappa shape index (κ3) is 3.92. The van der Waals surface area contributed by atoms with Gasteiger partial charge in [0.1, 0.15) is 4.21 Å². The summed E-state index contributed by atoms with van der Waals surface area (Å²) in [5.74, 6) is -0.655. The molecular formula is C16H15F3N2O3S2. The lowest BCUT2D eigenvalue weighted by atomic mass is 10.2. The fourth-order valence-corrected chi connectivity index (χ4v) is 5.48. The maximum Gasteiger partial charge on any atom is 0.416 e. The maximum atomic E-state index is 12.7. The molecule has 2 heterocycles. The summed E-state index contributed by atoms with van der Waals surface area (Å²) in [4.78, 5) is 12.4. The number of amides is 1. The van der Waals surface area contributed by atoms with E-state index in [1.807, 2.05) is 0 Å². The Morgan fingerprint density at radius 3 is 2.46 bits per heavy atom. The fourth-order valence-electron chi connectivity index (χ4n) is 2.60. The number of thiophene rings is 1. The van der Waals surface area contributed by atoms with E-state index in [0.717, 1.165) is 36.3 Å². The van der Waals surface area contributed by atoms with Crippen LogP contribution in [0.4, 0.5) is 18.9 Å². The van der Waals surface area contributed by atoms with E-state index in [4.69, 9.17) is 0 Å². The normalized spacial score (nSPS) is 16.0. The zero-order chi connectivity index (χ0) is 18.9. The molecule has 1 aliphatic rings. The number of hydrogen-bond donors (Lipinski definition) is 1. The van der Waals surface area contributed by atoms with Crippen LogP contribution in [0.15, 0.2) is 40.6 Å². The first-order chi connectivity index (χ1) is 12.2. The van der Waals surface area contributed by atoms with Crippen molar-refractivity contribution in [2.24, 2.45) is 0 Å².